The third-order valence-electron chi connectivity index (χ3n) is 2.83. The van der Waals surface area contributed by atoms with Crippen LogP contribution in [0.3, 0.4) is 0 Å². The molecule has 2 rings (SSSR count). The molecule has 0 aliphatic carbocycles. The van der Waals surface area contributed by atoms with Gasteiger partial charge in [0.05, 0.1) is 12.8 Å². The minimum atomic E-state index is 0.454. The molecule has 0 heterocycles. The van der Waals surface area contributed by atoms with Crippen molar-refractivity contribution in [3.8, 4) is 11.5 Å². The number of hydrogen-bond donors (Lipinski definition) is 1. The number of hydrogen-bond acceptors (Lipinski definition) is 3. The molecule has 0 aliphatic heterocycles. The van der Waals surface area contributed by atoms with Crippen LogP contribution in [0.15, 0.2) is 36.4 Å². The van der Waals surface area contributed by atoms with E-state index in [2.05, 4.69) is 0 Å². The Bertz CT molecular complexity index is 584. The van der Waals surface area contributed by atoms with Crippen molar-refractivity contribution in [1.82, 2.24) is 0 Å². The molecule has 0 radical (unpaired) electrons. The molecule has 19 heavy (non-hydrogen) atoms. The maximum atomic E-state index is 5.97. The molecule has 0 saturated heterocycles. The maximum Gasteiger partial charge on any atom is 0.141 e. The van der Waals surface area contributed by atoms with Crippen LogP contribution in [-0.2, 0) is 6.61 Å². The Labute approximate surface area is 117 Å². The van der Waals surface area contributed by atoms with Crippen molar-refractivity contribution in [3.05, 3.63) is 52.5 Å². The molecule has 0 saturated carbocycles. The van der Waals surface area contributed by atoms with Crippen molar-refractivity contribution in [2.45, 2.75) is 13.5 Å². The average Bonchev–Trinajstić information content (AvgIpc) is 2.40. The molecular formula is C15H16ClNO2. The Hall–Kier alpha value is -1.87. The smallest absolute Gasteiger partial charge is 0.141 e. The zero-order chi connectivity index (χ0) is 13.8. The second-order valence-corrected chi connectivity index (χ2v) is 4.68. The van der Waals surface area contributed by atoms with Crippen LogP contribution in [0, 0.1) is 6.92 Å². The molecular weight excluding hydrogens is 262 g/mol. The van der Waals surface area contributed by atoms with E-state index >= 15 is 0 Å². The second kappa shape index (κ2) is 5.85. The minimum Gasteiger partial charge on any atom is -0.495 e. The van der Waals surface area contributed by atoms with E-state index < -0.39 is 0 Å². The highest BCUT2D eigenvalue weighted by Crippen LogP contribution is 2.24. The first-order valence-corrected chi connectivity index (χ1v) is 6.29. The van der Waals surface area contributed by atoms with Gasteiger partial charge in [-0.05, 0) is 48.4 Å². The van der Waals surface area contributed by atoms with Crippen LogP contribution >= 0.6 is 11.6 Å². The van der Waals surface area contributed by atoms with Crippen LogP contribution in [0.25, 0.3) is 0 Å². The van der Waals surface area contributed by atoms with Gasteiger partial charge in [-0.3, -0.25) is 0 Å². The number of benzene rings is 2. The van der Waals surface area contributed by atoms with Crippen molar-refractivity contribution in [1.29, 1.82) is 0 Å². The van der Waals surface area contributed by atoms with E-state index in [-0.39, 0.29) is 0 Å². The first-order valence-electron chi connectivity index (χ1n) is 5.91. The van der Waals surface area contributed by atoms with Gasteiger partial charge in [-0.25, -0.2) is 0 Å². The van der Waals surface area contributed by atoms with Crippen LogP contribution in [-0.4, -0.2) is 7.11 Å². The third-order valence-corrected chi connectivity index (χ3v) is 3.25. The van der Waals surface area contributed by atoms with Crippen molar-refractivity contribution in [2.75, 3.05) is 12.8 Å². The van der Waals surface area contributed by atoms with Gasteiger partial charge >= 0.3 is 0 Å². The summed E-state index contributed by atoms with van der Waals surface area (Å²) in [6.07, 6.45) is 0. The van der Waals surface area contributed by atoms with Crippen molar-refractivity contribution in [2.24, 2.45) is 0 Å². The topological polar surface area (TPSA) is 44.5 Å². The number of rotatable bonds is 4. The van der Waals surface area contributed by atoms with Gasteiger partial charge in [0.2, 0.25) is 0 Å². The minimum absolute atomic E-state index is 0.454. The molecule has 2 aromatic carbocycles. The maximum absolute atomic E-state index is 5.97. The summed E-state index contributed by atoms with van der Waals surface area (Å²) in [6, 6.07) is 11.2. The van der Waals surface area contributed by atoms with Gasteiger partial charge in [0.15, 0.2) is 0 Å². The fourth-order valence-corrected chi connectivity index (χ4v) is 1.86. The lowest BCUT2D eigenvalue weighted by molar-refractivity contribution is 0.306. The predicted molar refractivity (Wildman–Crippen MR) is 77.9 cm³/mol. The lowest BCUT2D eigenvalue weighted by atomic mass is 10.2. The van der Waals surface area contributed by atoms with Crippen LogP contribution < -0.4 is 15.2 Å². The molecule has 2 N–H and O–H groups in total. The predicted octanol–water partition coefficient (Wildman–Crippen LogP) is 3.82. The highest BCUT2D eigenvalue weighted by molar-refractivity contribution is 6.31. The van der Waals surface area contributed by atoms with E-state index in [0.29, 0.717) is 18.0 Å². The normalized spacial score (nSPS) is 10.3. The van der Waals surface area contributed by atoms with Gasteiger partial charge in [-0.15, -0.1) is 0 Å². The number of nitrogen functional groups attached to an aromatic ring is 1. The lowest BCUT2D eigenvalue weighted by Gasteiger charge is -2.10. The Morgan fingerprint density at radius 2 is 1.95 bits per heavy atom. The largest absolute Gasteiger partial charge is 0.495 e. The number of nitrogens with two attached hydrogens (primary N) is 1. The number of aryl methyl sites for hydroxylation is 1. The standard InChI is InChI=1S/C15H16ClNO2/c1-10-7-12(4-5-13(10)16)19-9-11-3-6-15(18-2)14(17)8-11/h3-8H,9,17H2,1-2H3. The summed E-state index contributed by atoms with van der Waals surface area (Å²) in [7, 11) is 1.60. The SMILES string of the molecule is COc1ccc(COc2ccc(Cl)c(C)c2)cc1N. The van der Waals surface area contributed by atoms with Gasteiger partial charge in [-0.1, -0.05) is 17.7 Å². The van der Waals surface area contributed by atoms with Crippen molar-refractivity contribution >= 4 is 17.3 Å². The summed E-state index contributed by atoms with van der Waals surface area (Å²) in [4.78, 5) is 0. The fraction of sp³-hybridized carbons (Fsp3) is 0.200. The molecule has 0 amide bonds. The first-order chi connectivity index (χ1) is 9.10. The lowest BCUT2D eigenvalue weighted by Crippen LogP contribution is -1.98. The van der Waals surface area contributed by atoms with E-state index in [1.807, 2.05) is 43.3 Å². The molecule has 0 bridgehead atoms. The average molecular weight is 278 g/mol. The zero-order valence-corrected chi connectivity index (χ0v) is 11.7. The quantitative estimate of drug-likeness (QED) is 0.864. The van der Waals surface area contributed by atoms with E-state index in [0.717, 1.165) is 21.9 Å². The van der Waals surface area contributed by atoms with E-state index in [4.69, 9.17) is 26.8 Å². The van der Waals surface area contributed by atoms with Crippen LogP contribution in [0.1, 0.15) is 11.1 Å². The summed E-state index contributed by atoms with van der Waals surface area (Å²) in [5.74, 6) is 1.46. The molecule has 0 unspecified atom stereocenters. The Morgan fingerprint density at radius 3 is 2.58 bits per heavy atom. The van der Waals surface area contributed by atoms with Gasteiger partial charge in [0.1, 0.15) is 18.1 Å². The van der Waals surface area contributed by atoms with Crippen molar-refractivity contribution < 1.29 is 9.47 Å². The summed E-state index contributed by atoms with van der Waals surface area (Å²) >= 11 is 5.97. The van der Waals surface area contributed by atoms with E-state index in [1.165, 1.54) is 0 Å². The molecule has 0 aromatic heterocycles. The van der Waals surface area contributed by atoms with Gasteiger partial charge in [-0.2, -0.15) is 0 Å². The number of halogens is 1. The monoisotopic (exact) mass is 277 g/mol. The van der Waals surface area contributed by atoms with Gasteiger partial charge in [0, 0.05) is 5.02 Å². The summed E-state index contributed by atoms with van der Waals surface area (Å²) in [5, 5.41) is 0.737. The highest BCUT2D eigenvalue weighted by Gasteiger charge is 2.03. The van der Waals surface area contributed by atoms with Gasteiger partial charge in [0.25, 0.3) is 0 Å². The molecule has 100 valence electrons. The molecule has 4 heteroatoms. The summed E-state index contributed by atoms with van der Waals surface area (Å²) in [5.41, 5.74) is 8.44. The third kappa shape index (κ3) is 3.32. The number of anilines is 1. The fourth-order valence-electron chi connectivity index (χ4n) is 1.75. The Balaban J connectivity index is 2.05. The van der Waals surface area contributed by atoms with Crippen LogP contribution in [0.2, 0.25) is 5.02 Å². The van der Waals surface area contributed by atoms with Gasteiger partial charge < -0.3 is 15.2 Å². The molecule has 2 aromatic rings. The Morgan fingerprint density at radius 1 is 1.16 bits per heavy atom. The first kappa shape index (κ1) is 13.6. The van der Waals surface area contributed by atoms with Crippen LogP contribution in [0.4, 0.5) is 5.69 Å². The van der Waals surface area contributed by atoms with E-state index in [1.54, 1.807) is 7.11 Å². The number of methoxy groups -OCH3 is 1. The molecule has 0 atom stereocenters. The second-order valence-electron chi connectivity index (χ2n) is 4.28. The Kier molecular flexibility index (Phi) is 4.17. The van der Waals surface area contributed by atoms with E-state index in [9.17, 15) is 0 Å². The molecule has 0 aliphatic rings. The van der Waals surface area contributed by atoms with Crippen LogP contribution in [0.5, 0.6) is 11.5 Å². The zero-order valence-electron chi connectivity index (χ0n) is 10.9. The molecule has 3 nitrogen and oxygen atoms in total. The molecule has 0 fully saturated rings. The molecule has 0 spiro atoms. The number of ether oxygens (including phenoxy) is 2. The summed E-state index contributed by atoms with van der Waals surface area (Å²) in [6.45, 7) is 2.40. The summed E-state index contributed by atoms with van der Waals surface area (Å²) < 4.78 is 10.8. The highest BCUT2D eigenvalue weighted by atomic mass is 35.5. The van der Waals surface area contributed by atoms with Crippen molar-refractivity contribution in [3.63, 3.8) is 0 Å².